The molecule has 3 heterocycles. The van der Waals surface area contributed by atoms with Crippen molar-refractivity contribution in [1.82, 2.24) is 29.2 Å². The number of hydrogen-bond acceptors (Lipinski definition) is 8. The maximum absolute atomic E-state index is 12.4. The highest BCUT2D eigenvalue weighted by Crippen LogP contribution is 2.29. The van der Waals surface area contributed by atoms with Gasteiger partial charge in [-0.3, -0.25) is 14.2 Å². The zero-order valence-electron chi connectivity index (χ0n) is 20.4. The molecule has 11 nitrogen and oxygen atoms in total. The maximum Gasteiger partial charge on any atom is 0.324 e. The molecule has 0 unspecified atom stereocenters. The number of hydrogen-bond donors (Lipinski definition) is 1. The van der Waals surface area contributed by atoms with Gasteiger partial charge in [0.05, 0.1) is 23.7 Å². The number of nitrogens with zero attached hydrogens (tertiary/aromatic N) is 6. The third kappa shape index (κ3) is 6.20. The summed E-state index contributed by atoms with van der Waals surface area (Å²) < 4.78 is 36.6. The highest BCUT2D eigenvalue weighted by Gasteiger charge is 2.18. The largest absolute Gasteiger partial charge is 0.420 e. The van der Waals surface area contributed by atoms with Crippen LogP contribution >= 0.6 is 0 Å². The number of ether oxygens (including phenoxy) is 1. The number of aromatic nitrogens is 5. The van der Waals surface area contributed by atoms with E-state index >= 15 is 0 Å². The molecule has 0 aliphatic rings. The van der Waals surface area contributed by atoms with Crippen LogP contribution in [-0.4, -0.2) is 64.0 Å². The summed E-state index contributed by atoms with van der Waals surface area (Å²) in [4.78, 5) is 22.6. The lowest BCUT2D eigenvalue weighted by Crippen LogP contribution is -2.19. The van der Waals surface area contributed by atoms with E-state index in [1.807, 2.05) is 32.6 Å². The highest BCUT2D eigenvalue weighted by atomic mass is 32.2. The minimum atomic E-state index is -3.59. The molecular weight excluding hydrogens is 458 g/mol. The second-order valence-electron chi connectivity index (χ2n) is 8.34. The summed E-state index contributed by atoms with van der Waals surface area (Å²) >= 11 is 0. The molecule has 0 aromatic carbocycles. The van der Waals surface area contributed by atoms with Gasteiger partial charge in [0.2, 0.25) is 15.6 Å². The Balaban J connectivity index is 2.03. The molecule has 3 rings (SSSR count). The topological polar surface area (TPSA) is 124 Å². The van der Waals surface area contributed by atoms with Crippen molar-refractivity contribution in [3.05, 3.63) is 46.1 Å². The summed E-state index contributed by atoms with van der Waals surface area (Å²) in [5.74, 6) is 0.551. The van der Waals surface area contributed by atoms with Gasteiger partial charge in [0.25, 0.3) is 0 Å². The lowest BCUT2D eigenvalue weighted by atomic mass is 10.2. The highest BCUT2D eigenvalue weighted by molar-refractivity contribution is 7.92. The second-order valence-corrected chi connectivity index (χ2v) is 10.2. The van der Waals surface area contributed by atoms with Crippen molar-refractivity contribution in [3.8, 4) is 23.0 Å². The molecule has 34 heavy (non-hydrogen) atoms. The molecule has 3 aromatic heterocycles. The quantitative estimate of drug-likeness (QED) is 0.459. The molecule has 0 aliphatic heterocycles. The number of likely N-dealkylation sites (N-methyl/N-ethyl adjacent to an activating group) is 1. The van der Waals surface area contributed by atoms with Crippen molar-refractivity contribution in [3.63, 3.8) is 0 Å². The third-order valence-corrected chi connectivity index (χ3v) is 6.55. The molecule has 0 spiro atoms. The Bertz CT molecular complexity index is 1330. The lowest BCUT2D eigenvalue weighted by molar-refractivity contribution is 0.369. The van der Waals surface area contributed by atoms with Crippen molar-refractivity contribution in [2.75, 3.05) is 31.1 Å². The van der Waals surface area contributed by atoms with E-state index in [0.29, 0.717) is 35.7 Å². The molecule has 1 N–H and O–H groups in total. The summed E-state index contributed by atoms with van der Waals surface area (Å²) in [5, 5.41) is 4.55. The van der Waals surface area contributed by atoms with Crippen molar-refractivity contribution < 1.29 is 13.2 Å². The molecule has 0 aliphatic carbocycles. The summed E-state index contributed by atoms with van der Waals surface area (Å²) in [7, 11) is 2.02. The molecule has 0 amide bonds. The Morgan fingerprint density at radius 2 is 1.91 bits per heavy atom. The van der Waals surface area contributed by atoms with E-state index in [0.717, 1.165) is 12.2 Å². The van der Waals surface area contributed by atoms with E-state index < -0.39 is 10.0 Å². The van der Waals surface area contributed by atoms with Crippen LogP contribution in [0.4, 0.5) is 5.82 Å². The number of nitrogens with one attached hydrogen (secondary N) is 1. The first-order chi connectivity index (χ1) is 16.0. The fraction of sp³-hybridized carbons (Fsp3) is 0.455. The van der Waals surface area contributed by atoms with Crippen LogP contribution in [0.2, 0.25) is 0 Å². The number of pyridine rings is 1. The zero-order chi connectivity index (χ0) is 25.0. The molecule has 0 bridgehead atoms. The third-order valence-electron chi connectivity index (χ3n) is 5.09. The first-order valence-electron chi connectivity index (χ1n) is 10.9. The van der Waals surface area contributed by atoms with Gasteiger partial charge in [-0.1, -0.05) is 6.92 Å². The number of anilines is 1. The molecular formula is C22H31N7O4S. The standard InChI is InChI=1S/C22H31N7O4S/c1-7-12-34(31,32)26-19-13-18(17-8-9-20(30)28(6)14-17)23-22(24-19)33-21-15(2)25-29(16(21)3)11-10-27(4)5/h8-9,13-14H,7,10-12H2,1-6H3,(H,23,24,26). The van der Waals surface area contributed by atoms with E-state index in [1.54, 1.807) is 26.2 Å². The Morgan fingerprint density at radius 3 is 2.56 bits per heavy atom. The average Bonchev–Trinajstić information content (AvgIpc) is 3.01. The van der Waals surface area contributed by atoms with Gasteiger partial charge in [-0.2, -0.15) is 15.1 Å². The Labute approximate surface area is 199 Å². The Kier molecular flexibility index (Phi) is 7.72. The number of aryl methyl sites for hydroxylation is 2. The molecule has 0 atom stereocenters. The van der Waals surface area contributed by atoms with Gasteiger partial charge >= 0.3 is 6.01 Å². The van der Waals surface area contributed by atoms with E-state index in [2.05, 4.69) is 24.7 Å². The van der Waals surface area contributed by atoms with Gasteiger partial charge in [0, 0.05) is 37.5 Å². The van der Waals surface area contributed by atoms with Crippen LogP contribution < -0.4 is 15.0 Å². The first kappa shape index (κ1) is 25.4. The van der Waals surface area contributed by atoms with Crippen molar-refractivity contribution in [2.24, 2.45) is 7.05 Å². The van der Waals surface area contributed by atoms with Crippen LogP contribution in [0, 0.1) is 13.8 Å². The number of sulfonamides is 1. The van der Waals surface area contributed by atoms with E-state index in [1.165, 1.54) is 16.7 Å². The van der Waals surface area contributed by atoms with Crippen LogP contribution in [0.25, 0.3) is 11.3 Å². The lowest BCUT2D eigenvalue weighted by Gasteiger charge is -2.12. The maximum atomic E-state index is 12.4. The molecule has 0 saturated carbocycles. The number of rotatable bonds is 10. The SMILES string of the molecule is CCCS(=O)(=O)Nc1cc(-c2ccc(=O)n(C)c2)nc(Oc2c(C)nn(CCN(C)C)c2C)n1. The first-order valence-corrected chi connectivity index (χ1v) is 12.6. The van der Waals surface area contributed by atoms with E-state index in [-0.39, 0.29) is 23.1 Å². The summed E-state index contributed by atoms with van der Waals surface area (Å²) in [6, 6.07) is 4.52. The van der Waals surface area contributed by atoms with Gasteiger partial charge in [0.1, 0.15) is 11.5 Å². The van der Waals surface area contributed by atoms with Crippen LogP contribution in [-0.2, 0) is 23.6 Å². The minimum Gasteiger partial charge on any atom is -0.420 e. The van der Waals surface area contributed by atoms with Crippen LogP contribution in [0.15, 0.2) is 29.2 Å². The monoisotopic (exact) mass is 489 g/mol. The molecule has 0 fully saturated rings. The second kappa shape index (κ2) is 10.3. The normalized spacial score (nSPS) is 11.7. The van der Waals surface area contributed by atoms with Crippen molar-refractivity contribution >= 4 is 15.8 Å². The summed E-state index contributed by atoms with van der Waals surface area (Å²) in [5.41, 5.74) is 2.32. The fourth-order valence-electron chi connectivity index (χ4n) is 3.33. The van der Waals surface area contributed by atoms with Gasteiger partial charge in [-0.25, -0.2) is 8.42 Å². The predicted molar refractivity (Wildman–Crippen MR) is 131 cm³/mol. The molecule has 3 aromatic rings. The van der Waals surface area contributed by atoms with Gasteiger partial charge in [0.15, 0.2) is 5.75 Å². The van der Waals surface area contributed by atoms with E-state index in [9.17, 15) is 13.2 Å². The van der Waals surface area contributed by atoms with Crippen LogP contribution in [0.5, 0.6) is 11.8 Å². The molecule has 184 valence electrons. The Hall–Kier alpha value is -3.25. The summed E-state index contributed by atoms with van der Waals surface area (Å²) in [6.45, 7) is 7.00. The molecule has 0 saturated heterocycles. The van der Waals surface area contributed by atoms with Crippen molar-refractivity contribution in [2.45, 2.75) is 33.7 Å². The van der Waals surface area contributed by atoms with Crippen LogP contribution in [0.1, 0.15) is 24.7 Å². The van der Waals surface area contributed by atoms with Gasteiger partial charge in [-0.05, 0) is 40.4 Å². The van der Waals surface area contributed by atoms with Crippen molar-refractivity contribution in [1.29, 1.82) is 0 Å². The Morgan fingerprint density at radius 1 is 1.18 bits per heavy atom. The van der Waals surface area contributed by atoms with Crippen LogP contribution in [0.3, 0.4) is 0 Å². The van der Waals surface area contributed by atoms with Gasteiger partial charge in [-0.15, -0.1) is 0 Å². The fourth-order valence-corrected chi connectivity index (χ4v) is 4.39. The minimum absolute atomic E-state index is 0.0288. The smallest absolute Gasteiger partial charge is 0.324 e. The average molecular weight is 490 g/mol. The predicted octanol–water partition coefficient (Wildman–Crippen LogP) is 2.16. The molecule has 0 radical (unpaired) electrons. The zero-order valence-corrected chi connectivity index (χ0v) is 21.2. The van der Waals surface area contributed by atoms with E-state index in [4.69, 9.17) is 4.74 Å². The summed E-state index contributed by atoms with van der Waals surface area (Å²) in [6.07, 6.45) is 2.08. The molecule has 12 heteroatoms. The van der Waals surface area contributed by atoms with Gasteiger partial charge < -0.3 is 14.2 Å².